The number of ether oxygens (including phenoxy) is 1. The minimum atomic E-state index is -1.42. The molecule has 1 aliphatic rings. The van der Waals surface area contributed by atoms with Gasteiger partial charge in [-0.05, 0) is 41.6 Å². The van der Waals surface area contributed by atoms with Crippen molar-refractivity contribution in [2.45, 2.75) is 24.8 Å². The summed E-state index contributed by atoms with van der Waals surface area (Å²) in [5.74, 6) is -1.56. The van der Waals surface area contributed by atoms with Crippen molar-refractivity contribution in [2.24, 2.45) is 11.5 Å². The SMILES string of the molecule is NCCC[C@@H](C(=O)O)N(C(N)=O)C(=O)OCC1c2ccccc2-c2ccccc21. The average molecular weight is 397 g/mol. The molecule has 3 amide bonds. The second kappa shape index (κ2) is 8.74. The number of benzene rings is 2. The van der Waals surface area contributed by atoms with Crippen LogP contribution in [0.1, 0.15) is 29.9 Å². The number of hydrogen-bond donors (Lipinski definition) is 3. The highest BCUT2D eigenvalue weighted by molar-refractivity contribution is 5.95. The molecule has 2 aromatic rings. The molecule has 0 radical (unpaired) electrons. The van der Waals surface area contributed by atoms with Crippen LogP contribution in [0.3, 0.4) is 0 Å². The lowest BCUT2D eigenvalue weighted by Gasteiger charge is -2.25. The van der Waals surface area contributed by atoms with E-state index in [0.717, 1.165) is 22.3 Å². The molecule has 0 spiro atoms. The Bertz CT molecular complexity index is 885. The van der Waals surface area contributed by atoms with Crippen LogP contribution < -0.4 is 11.5 Å². The lowest BCUT2D eigenvalue weighted by molar-refractivity contribution is -0.142. The van der Waals surface area contributed by atoms with Crippen molar-refractivity contribution >= 4 is 18.1 Å². The van der Waals surface area contributed by atoms with Crippen LogP contribution in [0.15, 0.2) is 48.5 Å². The molecular weight excluding hydrogens is 374 g/mol. The maximum Gasteiger partial charge on any atom is 0.418 e. The van der Waals surface area contributed by atoms with Crippen LogP contribution >= 0.6 is 0 Å². The number of hydrogen-bond acceptors (Lipinski definition) is 5. The summed E-state index contributed by atoms with van der Waals surface area (Å²) in [6.45, 7) is 0.181. The highest BCUT2D eigenvalue weighted by Crippen LogP contribution is 2.44. The van der Waals surface area contributed by atoms with Gasteiger partial charge in [-0.2, -0.15) is 0 Å². The van der Waals surface area contributed by atoms with Gasteiger partial charge in [0.1, 0.15) is 12.6 Å². The molecule has 8 nitrogen and oxygen atoms in total. The zero-order valence-electron chi connectivity index (χ0n) is 15.8. The van der Waals surface area contributed by atoms with Gasteiger partial charge >= 0.3 is 18.1 Å². The summed E-state index contributed by atoms with van der Waals surface area (Å²) in [4.78, 5) is 36.4. The number of nitrogens with two attached hydrogens (primary N) is 2. The van der Waals surface area contributed by atoms with E-state index in [0.29, 0.717) is 11.3 Å². The van der Waals surface area contributed by atoms with Gasteiger partial charge in [-0.25, -0.2) is 19.3 Å². The van der Waals surface area contributed by atoms with Gasteiger partial charge in [0.2, 0.25) is 0 Å². The van der Waals surface area contributed by atoms with E-state index in [1.54, 1.807) is 0 Å². The molecule has 29 heavy (non-hydrogen) atoms. The van der Waals surface area contributed by atoms with Gasteiger partial charge in [0.15, 0.2) is 0 Å². The summed E-state index contributed by atoms with van der Waals surface area (Å²) >= 11 is 0. The average Bonchev–Trinajstić information content (AvgIpc) is 3.02. The van der Waals surface area contributed by atoms with Gasteiger partial charge in [0, 0.05) is 5.92 Å². The molecule has 0 unspecified atom stereocenters. The molecule has 0 aliphatic heterocycles. The maximum atomic E-state index is 12.6. The highest BCUT2D eigenvalue weighted by Gasteiger charge is 2.36. The Morgan fingerprint density at radius 1 is 1.03 bits per heavy atom. The predicted octanol–water partition coefficient (Wildman–Crippen LogP) is 2.51. The monoisotopic (exact) mass is 397 g/mol. The smallest absolute Gasteiger partial charge is 0.418 e. The van der Waals surface area contributed by atoms with Crippen molar-refractivity contribution in [2.75, 3.05) is 13.2 Å². The molecular formula is C21H23N3O5. The fourth-order valence-corrected chi connectivity index (χ4v) is 3.71. The Morgan fingerprint density at radius 3 is 2.07 bits per heavy atom. The third kappa shape index (κ3) is 4.07. The first-order chi connectivity index (χ1) is 14.0. The lowest BCUT2D eigenvalue weighted by atomic mass is 9.98. The topological polar surface area (TPSA) is 136 Å². The van der Waals surface area contributed by atoms with E-state index in [4.69, 9.17) is 16.2 Å². The fraction of sp³-hybridized carbons (Fsp3) is 0.286. The highest BCUT2D eigenvalue weighted by atomic mass is 16.6. The molecule has 0 bridgehead atoms. The molecule has 5 N–H and O–H groups in total. The standard InChI is InChI=1S/C21H23N3O5/c22-11-5-10-18(19(25)26)24(20(23)27)21(28)29-12-17-15-8-3-1-6-13(15)14-7-2-4-9-16(14)17/h1-4,6-9,17-18H,5,10-12,22H2,(H2,23,27)(H,25,26)/t18-/m0/s1. The van der Waals surface area contributed by atoms with Crippen LogP contribution in [0.2, 0.25) is 0 Å². The number of urea groups is 1. The third-order valence-corrected chi connectivity index (χ3v) is 5.05. The number of aliphatic carboxylic acids is 1. The van der Waals surface area contributed by atoms with E-state index in [1.807, 2.05) is 48.5 Å². The Balaban J connectivity index is 1.80. The molecule has 3 rings (SSSR count). The van der Waals surface area contributed by atoms with Crippen LogP contribution in [0, 0.1) is 0 Å². The van der Waals surface area contributed by atoms with Crippen molar-refractivity contribution in [3.05, 3.63) is 59.7 Å². The molecule has 2 aromatic carbocycles. The Labute approximate surface area is 168 Å². The van der Waals surface area contributed by atoms with Gasteiger partial charge in [0.05, 0.1) is 0 Å². The predicted molar refractivity (Wildman–Crippen MR) is 106 cm³/mol. The van der Waals surface area contributed by atoms with Crippen LogP contribution in [-0.4, -0.2) is 47.3 Å². The zero-order valence-corrected chi connectivity index (χ0v) is 15.8. The molecule has 0 saturated heterocycles. The van der Waals surface area contributed by atoms with Gasteiger partial charge in [-0.15, -0.1) is 0 Å². The summed E-state index contributed by atoms with van der Waals surface area (Å²) in [7, 11) is 0. The fourth-order valence-electron chi connectivity index (χ4n) is 3.71. The minimum Gasteiger partial charge on any atom is -0.480 e. The molecule has 152 valence electrons. The van der Waals surface area contributed by atoms with E-state index in [9.17, 15) is 19.5 Å². The zero-order chi connectivity index (χ0) is 21.0. The molecule has 0 heterocycles. The van der Waals surface area contributed by atoms with Crippen molar-refractivity contribution in [3.63, 3.8) is 0 Å². The molecule has 0 saturated carbocycles. The molecule has 8 heteroatoms. The Kier molecular flexibility index (Phi) is 6.13. The first kappa shape index (κ1) is 20.3. The van der Waals surface area contributed by atoms with E-state index < -0.39 is 24.1 Å². The number of carboxylic acid groups (broad SMARTS) is 1. The number of amides is 3. The van der Waals surface area contributed by atoms with Crippen LogP contribution in [0.4, 0.5) is 9.59 Å². The maximum absolute atomic E-state index is 12.6. The molecule has 0 aromatic heterocycles. The summed E-state index contributed by atoms with van der Waals surface area (Å²) in [6.07, 6.45) is -0.764. The van der Waals surface area contributed by atoms with Gasteiger partial charge in [0.25, 0.3) is 0 Å². The summed E-state index contributed by atoms with van der Waals surface area (Å²) in [6, 6.07) is 13.0. The number of rotatable bonds is 7. The van der Waals surface area contributed by atoms with Gasteiger partial charge < -0.3 is 21.3 Å². The van der Waals surface area contributed by atoms with Crippen molar-refractivity contribution in [1.29, 1.82) is 0 Å². The number of carbonyl (C=O) groups is 3. The van der Waals surface area contributed by atoms with E-state index >= 15 is 0 Å². The van der Waals surface area contributed by atoms with Gasteiger partial charge in [-0.1, -0.05) is 48.5 Å². The molecule has 1 aliphatic carbocycles. The largest absolute Gasteiger partial charge is 0.480 e. The lowest BCUT2D eigenvalue weighted by Crippen LogP contribution is -2.51. The molecule has 1 atom stereocenters. The normalized spacial score (nSPS) is 13.3. The van der Waals surface area contributed by atoms with Crippen molar-refractivity contribution in [1.82, 2.24) is 4.90 Å². The van der Waals surface area contributed by atoms with Gasteiger partial charge in [-0.3, -0.25) is 0 Å². The Hall–Kier alpha value is -3.39. The number of fused-ring (bicyclic) bond motifs is 3. The van der Waals surface area contributed by atoms with Crippen molar-refractivity contribution < 1.29 is 24.2 Å². The van der Waals surface area contributed by atoms with Crippen molar-refractivity contribution in [3.8, 4) is 11.1 Å². The second-order valence-electron chi connectivity index (χ2n) is 6.80. The quantitative estimate of drug-likeness (QED) is 0.657. The minimum absolute atomic E-state index is 0.00102. The van der Waals surface area contributed by atoms with E-state index in [1.165, 1.54) is 0 Å². The van der Waals surface area contributed by atoms with Crippen LogP contribution in [0.5, 0.6) is 0 Å². The third-order valence-electron chi connectivity index (χ3n) is 5.05. The molecule has 0 fully saturated rings. The van der Waals surface area contributed by atoms with E-state index in [2.05, 4.69) is 0 Å². The Morgan fingerprint density at radius 2 is 1.59 bits per heavy atom. The number of carbonyl (C=O) groups excluding carboxylic acids is 2. The second-order valence-corrected chi connectivity index (χ2v) is 6.80. The van der Waals surface area contributed by atoms with E-state index in [-0.39, 0.29) is 25.5 Å². The number of primary amides is 1. The number of imide groups is 1. The summed E-state index contributed by atoms with van der Waals surface area (Å²) in [5, 5.41) is 9.41. The first-order valence-electron chi connectivity index (χ1n) is 9.32. The summed E-state index contributed by atoms with van der Waals surface area (Å²) < 4.78 is 5.37. The van der Waals surface area contributed by atoms with Crippen LogP contribution in [-0.2, 0) is 9.53 Å². The van der Waals surface area contributed by atoms with Crippen LogP contribution in [0.25, 0.3) is 11.1 Å². The number of carboxylic acids is 1. The number of nitrogens with zero attached hydrogens (tertiary/aromatic N) is 1. The first-order valence-corrected chi connectivity index (χ1v) is 9.32. The summed E-state index contributed by atoms with van der Waals surface area (Å²) in [5.41, 5.74) is 14.8.